The topological polar surface area (TPSA) is 57.6 Å². The van der Waals surface area contributed by atoms with E-state index in [9.17, 15) is 9.59 Å². The molecule has 20 heavy (non-hydrogen) atoms. The van der Waals surface area contributed by atoms with Crippen molar-refractivity contribution in [1.82, 2.24) is 0 Å². The number of carboxylic acid groups (broad SMARTS) is 1. The minimum atomic E-state index is -1.08. The van der Waals surface area contributed by atoms with E-state index >= 15 is 0 Å². The van der Waals surface area contributed by atoms with E-state index in [2.05, 4.69) is 6.92 Å². The molecule has 0 aliphatic carbocycles. The highest BCUT2D eigenvalue weighted by atomic mass is 16.4. The number of hydrogen-bond acceptors (Lipinski definition) is 2. The Morgan fingerprint density at radius 2 is 1.75 bits per heavy atom. The van der Waals surface area contributed by atoms with Crippen LogP contribution in [0.3, 0.4) is 0 Å². The maximum absolute atomic E-state index is 12.0. The lowest BCUT2D eigenvalue weighted by atomic mass is 10.1. The van der Waals surface area contributed by atoms with Crippen LogP contribution in [0, 0.1) is 0 Å². The maximum atomic E-state index is 12.0. The van der Waals surface area contributed by atoms with E-state index in [1.807, 2.05) is 31.2 Å². The molecule has 4 heteroatoms. The van der Waals surface area contributed by atoms with Crippen LogP contribution in [0.25, 0.3) is 0 Å². The van der Waals surface area contributed by atoms with Crippen LogP contribution in [0.4, 0.5) is 5.69 Å². The largest absolute Gasteiger partial charge is 0.481 e. The van der Waals surface area contributed by atoms with Gasteiger partial charge in [-0.3, -0.25) is 9.59 Å². The Balaban J connectivity index is 2.85. The van der Waals surface area contributed by atoms with Gasteiger partial charge in [0.25, 0.3) is 0 Å². The van der Waals surface area contributed by atoms with Gasteiger partial charge in [0.05, 0.1) is 0 Å². The molecular weight excluding hydrogens is 254 g/mol. The van der Waals surface area contributed by atoms with Crippen LogP contribution >= 0.6 is 0 Å². The lowest BCUT2D eigenvalue weighted by Gasteiger charge is -2.22. The molecule has 0 aromatic heterocycles. The number of unbranched alkanes of at least 4 members (excludes halogenated alkanes) is 1. The van der Waals surface area contributed by atoms with Gasteiger partial charge < -0.3 is 10.0 Å². The van der Waals surface area contributed by atoms with E-state index in [0.717, 1.165) is 31.4 Å². The van der Waals surface area contributed by atoms with Gasteiger partial charge >= 0.3 is 5.97 Å². The van der Waals surface area contributed by atoms with Crippen molar-refractivity contribution in [2.75, 3.05) is 11.4 Å². The molecule has 0 bridgehead atoms. The van der Waals surface area contributed by atoms with Gasteiger partial charge in [-0.05, 0) is 30.5 Å². The van der Waals surface area contributed by atoms with Gasteiger partial charge in [0.1, 0.15) is 6.42 Å². The number of aryl methyl sites for hydroxylation is 1. The van der Waals surface area contributed by atoms with Crippen molar-refractivity contribution < 1.29 is 14.7 Å². The van der Waals surface area contributed by atoms with Gasteiger partial charge in [0.15, 0.2) is 0 Å². The Kier molecular flexibility index (Phi) is 6.77. The van der Waals surface area contributed by atoms with Crippen molar-refractivity contribution in [3.63, 3.8) is 0 Å². The van der Waals surface area contributed by atoms with E-state index in [1.165, 1.54) is 5.56 Å². The smallest absolute Gasteiger partial charge is 0.312 e. The van der Waals surface area contributed by atoms with E-state index in [0.29, 0.717) is 6.54 Å². The number of amides is 1. The molecule has 1 N–H and O–H groups in total. The van der Waals surface area contributed by atoms with Crippen molar-refractivity contribution in [2.24, 2.45) is 0 Å². The summed E-state index contributed by atoms with van der Waals surface area (Å²) in [7, 11) is 0. The van der Waals surface area contributed by atoms with Crippen molar-refractivity contribution in [2.45, 2.75) is 46.0 Å². The van der Waals surface area contributed by atoms with Crippen LogP contribution in [0.2, 0.25) is 0 Å². The summed E-state index contributed by atoms with van der Waals surface area (Å²) in [5, 5.41) is 8.77. The predicted octanol–water partition coefficient (Wildman–Crippen LogP) is 3.25. The Hall–Kier alpha value is -1.84. The molecule has 0 aliphatic heterocycles. The molecular formula is C16H23NO3. The Labute approximate surface area is 120 Å². The molecule has 0 atom stereocenters. The van der Waals surface area contributed by atoms with Crippen LogP contribution in [0.15, 0.2) is 24.3 Å². The predicted molar refractivity (Wildman–Crippen MR) is 80.0 cm³/mol. The Bertz CT molecular complexity index is 440. The molecule has 1 aromatic rings. The van der Waals surface area contributed by atoms with Crippen molar-refractivity contribution in [3.05, 3.63) is 29.8 Å². The quantitative estimate of drug-likeness (QED) is 0.742. The minimum absolute atomic E-state index is 0.353. The number of hydrogen-bond donors (Lipinski definition) is 1. The first kappa shape index (κ1) is 16.2. The van der Waals surface area contributed by atoms with Crippen LogP contribution in [-0.2, 0) is 16.0 Å². The normalized spacial score (nSPS) is 10.3. The third-order valence-electron chi connectivity index (χ3n) is 3.13. The van der Waals surface area contributed by atoms with Crippen molar-refractivity contribution >= 4 is 17.6 Å². The summed E-state index contributed by atoms with van der Waals surface area (Å²) in [6, 6.07) is 7.82. The van der Waals surface area contributed by atoms with E-state index in [-0.39, 0.29) is 5.91 Å². The fraction of sp³-hybridized carbons (Fsp3) is 0.500. The highest BCUT2D eigenvalue weighted by molar-refractivity contribution is 6.02. The lowest BCUT2D eigenvalue weighted by molar-refractivity contribution is -0.140. The second kappa shape index (κ2) is 8.35. The number of nitrogens with zero attached hydrogens (tertiary/aromatic N) is 1. The molecule has 1 aromatic carbocycles. The third kappa shape index (κ3) is 5.03. The van der Waals surface area contributed by atoms with Gasteiger partial charge in [-0.25, -0.2) is 0 Å². The van der Waals surface area contributed by atoms with Crippen molar-refractivity contribution in [3.8, 4) is 0 Å². The second-order valence-corrected chi connectivity index (χ2v) is 4.89. The summed E-state index contributed by atoms with van der Waals surface area (Å²) in [6.45, 7) is 4.73. The SMILES string of the molecule is CCCCN(C(=O)CC(=O)O)c1ccc(CCC)cc1. The Morgan fingerprint density at radius 3 is 2.25 bits per heavy atom. The summed E-state index contributed by atoms with van der Waals surface area (Å²) in [5.74, 6) is -1.44. The average Bonchev–Trinajstić information content (AvgIpc) is 2.40. The van der Waals surface area contributed by atoms with Gasteiger partial charge in [0.2, 0.25) is 5.91 Å². The van der Waals surface area contributed by atoms with Gasteiger partial charge in [-0.15, -0.1) is 0 Å². The minimum Gasteiger partial charge on any atom is -0.481 e. The summed E-state index contributed by atoms with van der Waals surface area (Å²) < 4.78 is 0. The van der Waals surface area contributed by atoms with E-state index in [4.69, 9.17) is 5.11 Å². The molecule has 0 saturated heterocycles. The van der Waals surface area contributed by atoms with E-state index < -0.39 is 12.4 Å². The fourth-order valence-corrected chi connectivity index (χ4v) is 2.07. The number of anilines is 1. The lowest BCUT2D eigenvalue weighted by Crippen LogP contribution is -2.33. The molecule has 0 heterocycles. The Morgan fingerprint density at radius 1 is 1.10 bits per heavy atom. The number of aliphatic carboxylic acids is 1. The molecule has 0 spiro atoms. The van der Waals surface area contributed by atoms with Crippen molar-refractivity contribution in [1.29, 1.82) is 0 Å². The number of carbonyl (C=O) groups is 2. The summed E-state index contributed by atoms with van der Waals surface area (Å²) in [5.41, 5.74) is 2.02. The molecule has 0 radical (unpaired) electrons. The highest BCUT2D eigenvalue weighted by Crippen LogP contribution is 2.18. The maximum Gasteiger partial charge on any atom is 0.312 e. The molecule has 110 valence electrons. The molecule has 1 amide bonds. The first-order valence-electron chi connectivity index (χ1n) is 7.19. The number of rotatable bonds is 8. The zero-order chi connectivity index (χ0) is 15.0. The monoisotopic (exact) mass is 277 g/mol. The van der Waals surface area contributed by atoms with Gasteiger partial charge in [-0.2, -0.15) is 0 Å². The molecule has 0 unspecified atom stereocenters. The summed E-state index contributed by atoms with van der Waals surface area (Å²) in [6.07, 6.45) is 3.46. The summed E-state index contributed by atoms with van der Waals surface area (Å²) >= 11 is 0. The van der Waals surface area contributed by atoms with Crippen LogP contribution in [0.1, 0.15) is 45.1 Å². The second-order valence-electron chi connectivity index (χ2n) is 4.89. The number of carbonyl (C=O) groups excluding carboxylic acids is 1. The third-order valence-corrected chi connectivity index (χ3v) is 3.13. The first-order valence-corrected chi connectivity index (χ1v) is 7.19. The van der Waals surface area contributed by atoms with Crippen LogP contribution < -0.4 is 4.90 Å². The number of benzene rings is 1. The first-order chi connectivity index (χ1) is 9.58. The van der Waals surface area contributed by atoms with Crippen LogP contribution in [-0.4, -0.2) is 23.5 Å². The average molecular weight is 277 g/mol. The molecule has 0 fully saturated rings. The zero-order valence-corrected chi connectivity index (χ0v) is 12.3. The fourth-order valence-electron chi connectivity index (χ4n) is 2.07. The van der Waals surface area contributed by atoms with E-state index in [1.54, 1.807) is 4.90 Å². The molecule has 0 saturated carbocycles. The molecule has 4 nitrogen and oxygen atoms in total. The summed E-state index contributed by atoms with van der Waals surface area (Å²) in [4.78, 5) is 24.3. The highest BCUT2D eigenvalue weighted by Gasteiger charge is 2.18. The van der Waals surface area contributed by atoms with Crippen LogP contribution in [0.5, 0.6) is 0 Å². The standard InChI is InChI=1S/C16H23NO3/c1-3-5-11-17(15(18)12-16(19)20)14-9-7-13(6-4-2)8-10-14/h7-10H,3-6,11-12H2,1-2H3,(H,19,20). The molecule has 0 aliphatic rings. The van der Waals surface area contributed by atoms with Gasteiger partial charge in [-0.1, -0.05) is 38.8 Å². The number of carboxylic acids is 1. The molecule has 1 rings (SSSR count). The zero-order valence-electron chi connectivity index (χ0n) is 12.3. The van der Waals surface area contributed by atoms with Gasteiger partial charge in [0, 0.05) is 12.2 Å².